The van der Waals surface area contributed by atoms with Crippen molar-refractivity contribution in [1.29, 1.82) is 0 Å². The number of hydrogen-bond acceptors (Lipinski definition) is 10. The molecule has 9 heterocycles. The van der Waals surface area contributed by atoms with Crippen LogP contribution >= 0.6 is 0 Å². The highest BCUT2D eigenvalue weighted by atomic mass is 16.5. The minimum atomic E-state index is 0.620. The van der Waals surface area contributed by atoms with Crippen molar-refractivity contribution < 1.29 is 55.8 Å². The second kappa shape index (κ2) is 26.2. The number of nitrogens with zero attached hydrogens (tertiary/aromatic N) is 6. The largest absolute Gasteiger partial charge is 0.488 e. The summed E-state index contributed by atoms with van der Waals surface area (Å²) in [6.07, 6.45) is 8.60. The monoisotopic (exact) mass is 1190 g/mol. The quantitative estimate of drug-likeness (QED) is 0.0711. The molecule has 8 bridgehead atoms. The Morgan fingerprint density at radius 3 is 0.716 bits per heavy atom. The van der Waals surface area contributed by atoms with Gasteiger partial charge in [0.25, 0.3) is 0 Å². The number of nitrogens with one attached hydrogen (secondary N) is 2. The van der Waals surface area contributed by atoms with E-state index < -0.39 is 0 Å². The number of morpholine rings is 4. The molecule has 6 aliphatic rings. The number of likely N-dealkylation sites (N-methyl/N-ethyl adjacent to an activating group) is 4. The zero-order valence-corrected chi connectivity index (χ0v) is 51.8. The van der Waals surface area contributed by atoms with Crippen LogP contribution in [0.15, 0.2) is 121 Å². The Kier molecular flexibility index (Phi) is 17.7. The molecule has 0 radical (unpaired) electrons. The Hall–Kier alpha value is -7.64. The molecule has 4 saturated heterocycles. The first-order chi connectivity index (χ1) is 42.9. The van der Waals surface area contributed by atoms with Crippen molar-refractivity contribution in [1.82, 2.24) is 19.9 Å². The number of aromatic amines is 2. The first-order valence-corrected chi connectivity index (χ1v) is 31.7. The van der Waals surface area contributed by atoms with E-state index in [-0.39, 0.29) is 0 Å². The van der Waals surface area contributed by atoms with E-state index in [0.717, 1.165) is 262 Å². The molecule has 0 aliphatic carbocycles. The summed E-state index contributed by atoms with van der Waals surface area (Å²) in [5.41, 5.74) is 14.9. The SMILES string of the molecule is C[N+]1(CCOc2ccc(-c3c4nc(c(-c5ccc(OCC[N+]6(C)CCOCC6)cc5)c5ccc([nH]5)c(-c5ccc(OCC[N+]6(C)CCOCC6)cc5)c5nc(c(-c6ccc(OCC[N+]7(C)CCOCC7)cc6)c6ccc3[nH]6)C=C5)C=C4)cc2)CCOCC1. The maximum absolute atomic E-state index is 6.44. The van der Waals surface area contributed by atoms with Gasteiger partial charge in [-0.05, 0) is 119 Å². The van der Waals surface area contributed by atoms with Gasteiger partial charge in [0.1, 0.15) is 128 Å². The Morgan fingerprint density at radius 2 is 0.511 bits per heavy atom. The topological polar surface area (TPSA) is 131 Å². The zero-order chi connectivity index (χ0) is 60.0. The van der Waals surface area contributed by atoms with Crippen molar-refractivity contribution in [2.45, 2.75) is 0 Å². The van der Waals surface area contributed by atoms with Gasteiger partial charge >= 0.3 is 0 Å². The highest BCUT2D eigenvalue weighted by molar-refractivity contribution is 6.00. The van der Waals surface area contributed by atoms with Crippen LogP contribution in [0, 0.1) is 0 Å². The molecule has 6 aliphatic heterocycles. The maximum atomic E-state index is 6.44. The fourth-order valence-corrected chi connectivity index (χ4v) is 12.9. The van der Waals surface area contributed by atoms with E-state index in [1.807, 2.05) is 0 Å². The highest BCUT2D eigenvalue weighted by Gasteiger charge is 2.29. The van der Waals surface area contributed by atoms with Gasteiger partial charge in [-0.2, -0.15) is 0 Å². The van der Waals surface area contributed by atoms with Crippen LogP contribution in [0.25, 0.3) is 90.9 Å². The lowest BCUT2D eigenvalue weighted by Crippen LogP contribution is -2.53. The number of H-pyrrole nitrogens is 2. The lowest BCUT2D eigenvalue weighted by molar-refractivity contribution is -0.916. The fourth-order valence-electron chi connectivity index (χ4n) is 12.9. The van der Waals surface area contributed by atoms with Crippen molar-refractivity contribution in [2.75, 3.05) is 186 Å². The molecule has 88 heavy (non-hydrogen) atoms. The standard InChI is InChI=1S/C72H86N8O8/c1-77(29-41-81-42-30-77)37-49-85-57-13-5-53(6-14-57)69-61-21-23-63(73-61)70(54-7-15-58(16-8-54)86-50-38-78(2)31-43-82-44-32-78)65-25-27-67(75-65)72(56-11-19-60(20-12-56)88-52-40-80(4)35-47-84-48-36-80)68-28-26-66(76-68)71(64-24-22-62(69)74-64)55-9-17-59(18-10-55)87-51-39-79(3)33-45-83-46-34-79/h5-28,73,76H,29-52H2,1-4H3/q+4. The Morgan fingerprint density at radius 1 is 0.307 bits per heavy atom. The molecular weight excluding hydrogens is 1100 g/mol. The molecule has 16 nitrogen and oxygen atoms in total. The Bertz CT molecular complexity index is 3290. The molecule has 16 heteroatoms. The van der Waals surface area contributed by atoms with Crippen LogP contribution in [0.2, 0.25) is 0 Å². The Balaban J connectivity index is 0.931. The summed E-state index contributed by atoms with van der Waals surface area (Å²) in [5, 5.41) is 0. The molecule has 2 N–H and O–H groups in total. The number of rotatable bonds is 20. The van der Waals surface area contributed by atoms with Crippen molar-refractivity contribution in [3.63, 3.8) is 0 Å². The lowest BCUT2D eigenvalue weighted by atomic mass is 10.0. The second-order valence-corrected chi connectivity index (χ2v) is 25.6. The van der Waals surface area contributed by atoms with E-state index in [9.17, 15) is 0 Å². The van der Waals surface area contributed by atoms with Gasteiger partial charge in [0.2, 0.25) is 0 Å². The molecule has 4 aromatic carbocycles. The number of benzene rings is 4. The van der Waals surface area contributed by atoms with Gasteiger partial charge in [-0.3, -0.25) is 0 Å². The molecular formula is C72H86N8O8+4. The fraction of sp³-hybridized carbons (Fsp3) is 0.389. The lowest BCUT2D eigenvalue weighted by Gasteiger charge is -2.37. The molecule has 0 saturated carbocycles. The predicted molar refractivity (Wildman–Crippen MR) is 349 cm³/mol. The minimum Gasteiger partial charge on any atom is -0.488 e. The molecule has 458 valence electrons. The van der Waals surface area contributed by atoms with E-state index in [2.05, 4.69) is 184 Å². The average molecular weight is 1190 g/mol. The van der Waals surface area contributed by atoms with Gasteiger partial charge in [-0.25, -0.2) is 9.97 Å². The summed E-state index contributed by atoms with van der Waals surface area (Å²) in [5.74, 6) is 3.32. The van der Waals surface area contributed by atoms with Gasteiger partial charge in [0.05, 0.1) is 104 Å². The van der Waals surface area contributed by atoms with E-state index in [0.29, 0.717) is 26.4 Å². The van der Waals surface area contributed by atoms with E-state index in [4.69, 9.17) is 47.9 Å². The second-order valence-electron chi connectivity index (χ2n) is 25.6. The number of aromatic nitrogens is 4. The number of quaternary nitrogens is 4. The number of fused-ring (bicyclic) bond motifs is 8. The van der Waals surface area contributed by atoms with Crippen LogP contribution in [-0.4, -0.2) is 224 Å². The number of hydrogen-bond donors (Lipinski definition) is 2. The van der Waals surface area contributed by atoms with E-state index in [1.165, 1.54) is 0 Å². The van der Waals surface area contributed by atoms with Crippen LogP contribution < -0.4 is 18.9 Å². The molecule has 3 aromatic heterocycles. The third kappa shape index (κ3) is 13.8. The molecule has 13 rings (SSSR count). The van der Waals surface area contributed by atoms with Crippen LogP contribution in [0.5, 0.6) is 23.0 Å². The molecule has 0 atom stereocenters. The minimum absolute atomic E-state index is 0.620. The average Bonchev–Trinajstić information content (AvgIpc) is 1.98. The Labute approximate surface area is 517 Å². The zero-order valence-electron chi connectivity index (χ0n) is 51.8. The molecule has 7 aromatic rings. The predicted octanol–water partition coefficient (Wildman–Crippen LogP) is 10.7. The van der Waals surface area contributed by atoms with Gasteiger partial charge in [0, 0.05) is 44.3 Å². The van der Waals surface area contributed by atoms with Crippen LogP contribution in [0.1, 0.15) is 22.8 Å². The smallest absolute Gasteiger partial charge is 0.137 e. The molecule has 0 unspecified atom stereocenters. The summed E-state index contributed by atoms with van der Waals surface area (Å²) < 4.78 is 52.2. The summed E-state index contributed by atoms with van der Waals surface area (Å²) in [7, 11) is 9.17. The third-order valence-corrected chi connectivity index (χ3v) is 19.1. The molecule has 0 spiro atoms. The summed E-state index contributed by atoms with van der Waals surface area (Å²) in [6.45, 7) is 20.4. The van der Waals surface area contributed by atoms with Crippen LogP contribution in [-0.2, 0) is 18.9 Å². The molecule has 4 fully saturated rings. The third-order valence-electron chi connectivity index (χ3n) is 19.1. The number of ether oxygens (including phenoxy) is 8. The first-order valence-electron chi connectivity index (χ1n) is 31.7. The van der Waals surface area contributed by atoms with Gasteiger partial charge in [0.15, 0.2) is 0 Å². The van der Waals surface area contributed by atoms with E-state index >= 15 is 0 Å². The first kappa shape index (κ1) is 59.3. The maximum Gasteiger partial charge on any atom is 0.137 e. The highest BCUT2D eigenvalue weighted by Crippen LogP contribution is 2.40. The molecule has 0 amide bonds. The van der Waals surface area contributed by atoms with E-state index in [1.54, 1.807) is 0 Å². The summed E-state index contributed by atoms with van der Waals surface area (Å²) in [4.78, 5) is 19.1. The van der Waals surface area contributed by atoms with Crippen molar-refractivity contribution in [3.05, 3.63) is 144 Å². The van der Waals surface area contributed by atoms with Crippen molar-refractivity contribution >= 4 is 46.4 Å². The van der Waals surface area contributed by atoms with Crippen LogP contribution in [0.4, 0.5) is 0 Å². The normalized spacial score (nSPS) is 18.4. The summed E-state index contributed by atoms with van der Waals surface area (Å²) >= 11 is 0. The summed E-state index contributed by atoms with van der Waals surface area (Å²) in [6, 6.07) is 42.6. The van der Waals surface area contributed by atoms with Crippen molar-refractivity contribution in [2.24, 2.45) is 0 Å². The van der Waals surface area contributed by atoms with Gasteiger partial charge in [-0.15, -0.1) is 0 Å². The van der Waals surface area contributed by atoms with Gasteiger partial charge in [-0.1, -0.05) is 48.5 Å². The van der Waals surface area contributed by atoms with Crippen molar-refractivity contribution in [3.8, 4) is 67.5 Å². The van der Waals surface area contributed by atoms with Crippen LogP contribution in [0.3, 0.4) is 0 Å². The van der Waals surface area contributed by atoms with Gasteiger partial charge < -0.3 is 65.8 Å².